The van der Waals surface area contributed by atoms with Gasteiger partial charge in [0.1, 0.15) is 0 Å². The molecule has 0 atom stereocenters. The monoisotopic (exact) mass is 407 g/mol. The van der Waals surface area contributed by atoms with Gasteiger partial charge in [0.15, 0.2) is 0 Å². The van der Waals surface area contributed by atoms with Crippen molar-refractivity contribution in [3.05, 3.63) is 58.1 Å². The van der Waals surface area contributed by atoms with E-state index in [1.54, 1.807) is 23.1 Å². The maximum absolute atomic E-state index is 12.4. The lowest BCUT2D eigenvalue weighted by Crippen LogP contribution is -2.39. The normalized spacial score (nSPS) is 10.7. The Morgan fingerprint density at radius 1 is 0.963 bits per heavy atom. The van der Waals surface area contributed by atoms with Crippen LogP contribution in [0.2, 0.25) is 10.0 Å². The first-order valence-corrected chi connectivity index (χ1v) is 9.47. The smallest absolute Gasteiger partial charge is 0.238 e. The van der Waals surface area contributed by atoms with Crippen molar-refractivity contribution in [3.63, 3.8) is 0 Å². The molecule has 27 heavy (non-hydrogen) atoms. The van der Waals surface area contributed by atoms with Gasteiger partial charge in [0.2, 0.25) is 11.8 Å². The number of halogens is 2. The maximum atomic E-state index is 12.4. The molecule has 0 heterocycles. The Bertz CT molecular complexity index is 812. The number of amides is 2. The van der Waals surface area contributed by atoms with E-state index in [0.717, 1.165) is 17.7 Å². The molecule has 0 saturated heterocycles. The van der Waals surface area contributed by atoms with Gasteiger partial charge in [-0.05, 0) is 49.7 Å². The number of nitrogens with one attached hydrogen (secondary N) is 2. The minimum atomic E-state index is -0.239. The average Bonchev–Trinajstić information content (AvgIpc) is 2.59. The summed E-state index contributed by atoms with van der Waals surface area (Å²) in [6.45, 7) is 4.78. The molecule has 0 saturated carbocycles. The Morgan fingerprint density at radius 2 is 1.59 bits per heavy atom. The highest BCUT2D eigenvalue weighted by Gasteiger charge is 2.15. The van der Waals surface area contributed by atoms with Crippen molar-refractivity contribution in [3.8, 4) is 0 Å². The number of rotatable bonds is 8. The first kappa shape index (κ1) is 21.2. The largest absolute Gasteiger partial charge is 0.325 e. The Kier molecular flexibility index (Phi) is 8.10. The first-order chi connectivity index (χ1) is 12.9. The van der Waals surface area contributed by atoms with Gasteiger partial charge < -0.3 is 10.6 Å². The van der Waals surface area contributed by atoms with Crippen LogP contribution in [0, 0.1) is 6.92 Å². The minimum absolute atomic E-state index is 0.0913. The third-order valence-corrected chi connectivity index (χ3v) is 4.45. The van der Waals surface area contributed by atoms with Crippen molar-refractivity contribution in [2.45, 2.75) is 20.3 Å². The summed E-state index contributed by atoms with van der Waals surface area (Å²) in [5.74, 6) is -0.397. The van der Waals surface area contributed by atoms with E-state index < -0.39 is 0 Å². The molecular weight excluding hydrogens is 385 g/mol. The van der Waals surface area contributed by atoms with E-state index in [9.17, 15) is 9.59 Å². The van der Waals surface area contributed by atoms with Crippen molar-refractivity contribution in [1.82, 2.24) is 4.90 Å². The predicted octanol–water partition coefficient (Wildman–Crippen LogP) is 4.59. The van der Waals surface area contributed by atoms with Gasteiger partial charge in [-0.2, -0.15) is 0 Å². The topological polar surface area (TPSA) is 61.4 Å². The minimum Gasteiger partial charge on any atom is -0.325 e. The Hall–Kier alpha value is -2.08. The van der Waals surface area contributed by atoms with E-state index in [1.165, 1.54) is 0 Å². The van der Waals surface area contributed by atoms with E-state index >= 15 is 0 Å². The molecular formula is C20H23Cl2N3O2. The number of aryl methyl sites for hydroxylation is 1. The lowest BCUT2D eigenvalue weighted by molar-refractivity contribution is -0.120. The summed E-state index contributed by atoms with van der Waals surface area (Å²) >= 11 is 11.9. The standard InChI is InChI=1S/C20H23Cl2N3O2/c1-3-10-25(12-19(26)23-17-7-5-4-6-14(17)2)13-20(27)24-18-9-8-15(21)11-16(18)22/h4-9,11H,3,10,12-13H2,1-2H3,(H,23,26)(H,24,27). The molecule has 0 aliphatic rings. The number of hydrogen-bond donors (Lipinski definition) is 2. The van der Waals surface area contributed by atoms with Gasteiger partial charge in [0.05, 0.1) is 23.8 Å². The first-order valence-electron chi connectivity index (χ1n) is 8.71. The van der Waals surface area contributed by atoms with Gasteiger partial charge in [-0.15, -0.1) is 0 Å². The second-order valence-corrected chi connectivity index (χ2v) is 7.09. The molecule has 0 spiro atoms. The van der Waals surface area contributed by atoms with Crippen LogP contribution in [0.4, 0.5) is 11.4 Å². The number of carbonyl (C=O) groups excluding carboxylic acids is 2. The summed E-state index contributed by atoms with van der Waals surface area (Å²) in [6.07, 6.45) is 0.826. The molecule has 5 nitrogen and oxygen atoms in total. The van der Waals surface area contributed by atoms with Gasteiger partial charge >= 0.3 is 0 Å². The van der Waals surface area contributed by atoms with Crippen molar-refractivity contribution in [2.24, 2.45) is 0 Å². The zero-order valence-electron chi connectivity index (χ0n) is 15.4. The quantitative estimate of drug-likeness (QED) is 0.672. The third kappa shape index (κ3) is 6.86. The molecule has 2 amide bonds. The van der Waals surface area contributed by atoms with Crippen molar-refractivity contribution < 1.29 is 9.59 Å². The van der Waals surface area contributed by atoms with Crippen LogP contribution in [0.25, 0.3) is 0 Å². The molecule has 7 heteroatoms. The highest BCUT2D eigenvalue weighted by atomic mass is 35.5. The van der Waals surface area contributed by atoms with Crippen LogP contribution in [0.15, 0.2) is 42.5 Å². The third-order valence-electron chi connectivity index (χ3n) is 3.90. The van der Waals surface area contributed by atoms with Crippen LogP contribution >= 0.6 is 23.2 Å². The molecule has 0 aliphatic heterocycles. The van der Waals surface area contributed by atoms with Crippen LogP contribution in [0.3, 0.4) is 0 Å². The van der Waals surface area contributed by atoms with Crippen LogP contribution < -0.4 is 10.6 Å². The average molecular weight is 408 g/mol. The number of nitrogens with zero attached hydrogens (tertiary/aromatic N) is 1. The highest BCUT2D eigenvalue weighted by Crippen LogP contribution is 2.25. The van der Waals surface area contributed by atoms with E-state index in [4.69, 9.17) is 23.2 Å². The van der Waals surface area contributed by atoms with Crippen LogP contribution in [0.1, 0.15) is 18.9 Å². The lowest BCUT2D eigenvalue weighted by Gasteiger charge is -2.21. The van der Waals surface area contributed by atoms with Gasteiger partial charge in [0.25, 0.3) is 0 Å². The molecule has 2 aromatic carbocycles. The summed E-state index contributed by atoms with van der Waals surface area (Å²) in [4.78, 5) is 26.5. The second-order valence-electron chi connectivity index (χ2n) is 6.25. The van der Waals surface area contributed by atoms with Crippen LogP contribution in [-0.4, -0.2) is 36.3 Å². The van der Waals surface area contributed by atoms with Crippen molar-refractivity contribution in [2.75, 3.05) is 30.3 Å². The summed E-state index contributed by atoms with van der Waals surface area (Å²) in [5.41, 5.74) is 2.26. The summed E-state index contributed by atoms with van der Waals surface area (Å²) in [7, 11) is 0. The molecule has 0 bridgehead atoms. The SMILES string of the molecule is CCCN(CC(=O)Nc1ccccc1C)CC(=O)Nc1ccc(Cl)cc1Cl. The van der Waals surface area contributed by atoms with E-state index in [0.29, 0.717) is 22.3 Å². The second kappa shape index (κ2) is 10.3. The van der Waals surface area contributed by atoms with Gasteiger partial charge in [-0.3, -0.25) is 14.5 Å². The van der Waals surface area contributed by atoms with E-state index in [-0.39, 0.29) is 24.9 Å². The molecule has 0 aliphatic carbocycles. The molecule has 2 aromatic rings. The Morgan fingerprint density at radius 3 is 2.19 bits per heavy atom. The molecule has 0 aromatic heterocycles. The molecule has 0 radical (unpaired) electrons. The molecule has 0 unspecified atom stereocenters. The van der Waals surface area contributed by atoms with Gasteiger partial charge in [-0.1, -0.05) is 48.3 Å². The number of anilines is 2. The molecule has 144 valence electrons. The summed E-state index contributed by atoms with van der Waals surface area (Å²) in [5, 5.41) is 6.51. The Balaban J connectivity index is 1.94. The van der Waals surface area contributed by atoms with E-state index in [1.807, 2.05) is 38.1 Å². The molecule has 0 fully saturated rings. The number of benzene rings is 2. The predicted molar refractivity (Wildman–Crippen MR) is 112 cm³/mol. The molecule has 2 N–H and O–H groups in total. The summed E-state index contributed by atoms with van der Waals surface area (Å²) in [6, 6.07) is 12.4. The molecule has 2 rings (SSSR count). The fourth-order valence-corrected chi connectivity index (χ4v) is 3.08. The zero-order valence-corrected chi connectivity index (χ0v) is 16.9. The number of carbonyl (C=O) groups is 2. The van der Waals surface area contributed by atoms with E-state index in [2.05, 4.69) is 10.6 Å². The van der Waals surface area contributed by atoms with Crippen molar-refractivity contribution >= 4 is 46.4 Å². The Labute approximate surface area is 169 Å². The fraction of sp³-hybridized carbons (Fsp3) is 0.300. The summed E-state index contributed by atoms with van der Waals surface area (Å²) < 4.78 is 0. The van der Waals surface area contributed by atoms with Crippen LogP contribution in [0.5, 0.6) is 0 Å². The number of hydrogen-bond acceptors (Lipinski definition) is 3. The van der Waals surface area contributed by atoms with Crippen LogP contribution in [-0.2, 0) is 9.59 Å². The number of para-hydroxylation sites is 1. The highest BCUT2D eigenvalue weighted by molar-refractivity contribution is 6.36. The fourth-order valence-electron chi connectivity index (χ4n) is 2.62. The zero-order chi connectivity index (χ0) is 19.8. The van der Waals surface area contributed by atoms with Gasteiger partial charge in [-0.25, -0.2) is 0 Å². The van der Waals surface area contributed by atoms with Crippen molar-refractivity contribution in [1.29, 1.82) is 0 Å². The van der Waals surface area contributed by atoms with Gasteiger partial charge in [0, 0.05) is 10.7 Å². The maximum Gasteiger partial charge on any atom is 0.238 e. The lowest BCUT2D eigenvalue weighted by atomic mass is 10.2.